The van der Waals surface area contributed by atoms with Crippen molar-refractivity contribution in [2.75, 3.05) is 25.1 Å². The topological polar surface area (TPSA) is 70.6 Å². The van der Waals surface area contributed by atoms with Gasteiger partial charge in [0.05, 0.1) is 5.75 Å². The quantitative estimate of drug-likeness (QED) is 0.409. The molecule has 0 spiro atoms. The normalized spacial score (nSPS) is 11.7. The maximum atomic E-state index is 12.8. The molecule has 5 nitrogen and oxygen atoms in total. The molecule has 0 amide bonds. The second-order valence-electron chi connectivity index (χ2n) is 4.22. The summed E-state index contributed by atoms with van der Waals surface area (Å²) in [6.45, 7) is 2.41. The molecule has 0 aromatic heterocycles. The molecular weight excluding hydrogens is 408 g/mol. The lowest BCUT2D eigenvalue weighted by molar-refractivity contribution is 0.595. The first kappa shape index (κ1) is 20.1. The third-order valence-electron chi connectivity index (χ3n) is 2.74. The molecule has 120 valence electrons. The van der Waals surface area contributed by atoms with Gasteiger partial charge in [-0.15, -0.1) is 24.0 Å². The van der Waals surface area contributed by atoms with E-state index >= 15 is 0 Å². The van der Waals surface area contributed by atoms with Gasteiger partial charge in [-0.3, -0.25) is 4.99 Å². The first-order valence-corrected chi connectivity index (χ1v) is 8.18. The number of nitrogens with one attached hydrogen (secondary N) is 2. The number of guanidine groups is 1. The van der Waals surface area contributed by atoms with Gasteiger partial charge >= 0.3 is 0 Å². The molecule has 0 heterocycles. The van der Waals surface area contributed by atoms with Crippen LogP contribution in [0.3, 0.4) is 0 Å². The van der Waals surface area contributed by atoms with Gasteiger partial charge in [0, 0.05) is 25.9 Å². The van der Waals surface area contributed by atoms with Crippen LogP contribution < -0.4 is 10.6 Å². The minimum Gasteiger partial charge on any atom is -0.355 e. The Labute approximate surface area is 142 Å². The van der Waals surface area contributed by atoms with Crippen LogP contribution in [0.15, 0.2) is 29.3 Å². The maximum Gasteiger partial charge on any atom is 0.191 e. The summed E-state index contributed by atoms with van der Waals surface area (Å²) in [6, 6.07) is 6.14. The first-order valence-electron chi connectivity index (χ1n) is 6.36. The average Bonchev–Trinajstić information content (AvgIpc) is 2.44. The van der Waals surface area contributed by atoms with Crippen LogP contribution in [0, 0.1) is 5.82 Å². The maximum absolute atomic E-state index is 12.8. The highest BCUT2D eigenvalue weighted by Gasteiger charge is 2.07. The van der Waals surface area contributed by atoms with E-state index in [0.29, 0.717) is 19.0 Å². The van der Waals surface area contributed by atoms with Crippen LogP contribution in [0.1, 0.15) is 12.5 Å². The number of hydrogen-bond acceptors (Lipinski definition) is 3. The lowest BCUT2D eigenvalue weighted by atomic mass is 10.2. The molecule has 21 heavy (non-hydrogen) atoms. The Morgan fingerprint density at radius 1 is 1.24 bits per heavy atom. The third kappa shape index (κ3) is 8.20. The summed E-state index contributed by atoms with van der Waals surface area (Å²) in [7, 11) is -1.38. The highest BCUT2D eigenvalue weighted by Crippen LogP contribution is 2.01. The van der Waals surface area contributed by atoms with Crippen LogP contribution in [0.4, 0.5) is 4.39 Å². The Hall–Kier alpha value is -0.900. The summed E-state index contributed by atoms with van der Waals surface area (Å²) in [5.74, 6) is 0.443. The summed E-state index contributed by atoms with van der Waals surface area (Å²) in [4.78, 5) is 3.99. The lowest BCUT2D eigenvalue weighted by Gasteiger charge is -2.11. The molecule has 0 aliphatic carbocycles. The summed E-state index contributed by atoms with van der Waals surface area (Å²) >= 11 is 0. The standard InChI is InChI=1S/C13H20FN3O2S.HI/c1-3-20(18,19)9-8-16-13(15-2)17-10-11-4-6-12(14)7-5-11;/h4-7H,3,8-10H2,1-2H3,(H2,15,16,17);1H. The highest BCUT2D eigenvalue weighted by molar-refractivity contribution is 14.0. The van der Waals surface area contributed by atoms with Gasteiger partial charge in [0.25, 0.3) is 0 Å². The Morgan fingerprint density at radius 2 is 1.86 bits per heavy atom. The zero-order valence-electron chi connectivity index (χ0n) is 12.1. The minimum atomic E-state index is -2.98. The number of aliphatic imine (C=N–C) groups is 1. The van der Waals surface area contributed by atoms with Gasteiger partial charge in [-0.2, -0.15) is 0 Å². The van der Waals surface area contributed by atoms with Gasteiger partial charge in [-0.05, 0) is 17.7 Å². The summed E-state index contributed by atoms with van der Waals surface area (Å²) in [5, 5.41) is 5.96. The van der Waals surface area contributed by atoms with Crippen molar-refractivity contribution in [1.82, 2.24) is 10.6 Å². The molecule has 0 saturated heterocycles. The van der Waals surface area contributed by atoms with Crippen LogP contribution in [0.5, 0.6) is 0 Å². The fraction of sp³-hybridized carbons (Fsp3) is 0.462. The molecule has 0 saturated carbocycles. The van der Waals surface area contributed by atoms with E-state index in [1.165, 1.54) is 12.1 Å². The molecule has 1 aromatic carbocycles. The zero-order chi connectivity index (χ0) is 15.0. The fourth-order valence-electron chi connectivity index (χ4n) is 1.48. The van der Waals surface area contributed by atoms with Crippen LogP contribution in [0.25, 0.3) is 0 Å². The molecule has 1 rings (SSSR count). The van der Waals surface area contributed by atoms with Gasteiger partial charge < -0.3 is 10.6 Å². The smallest absolute Gasteiger partial charge is 0.191 e. The Balaban J connectivity index is 0.00000400. The number of hydrogen-bond donors (Lipinski definition) is 2. The van der Waals surface area contributed by atoms with Crippen molar-refractivity contribution in [3.05, 3.63) is 35.6 Å². The van der Waals surface area contributed by atoms with E-state index in [1.54, 1.807) is 26.1 Å². The molecule has 0 bridgehead atoms. The average molecular weight is 429 g/mol. The number of halogens is 2. The number of rotatable bonds is 6. The predicted molar refractivity (Wildman–Crippen MR) is 94.3 cm³/mol. The highest BCUT2D eigenvalue weighted by atomic mass is 127. The van der Waals surface area contributed by atoms with Crippen LogP contribution >= 0.6 is 24.0 Å². The van der Waals surface area contributed by atoms with Gasteiger partial charge in [-0.25, -0.2) is 12.8 Å². The van der Waals surface area contributed by atoms with Crippen molar-refractivity contribution >= 4 is 39.8 Å². The molecule has 0 fully saturated rings. The van der Waals surface area contributed by atoms with E-state index in [4.69, 9.17) is 0 Å². The zero-order valence-corrected chi connectivity index (χ0v) is 15.2. The van der Waals surface area contributed by atoms with Crippen LogP contribution in [-0.2, 0) is 16.4 Å². The molecule has 2 N–H and O–H groups in total. The van der Waals surface area contributed by atoms with Gasteiger partial charge in [0.1, 0.15) is 5.82 Å². The molecule has 1 aromatic rings. The number of benzene rings is 1. The number of nitrogens with zero attached hydrogens (tertiary/aromatic N) is 1. The first-order chi connectivity index (χ1) is 9.46. The molecule has 0 unspecified atom stereocenters. The van der Waals surface area contributed by atoms with Gasteiger partial charge in [-0.1, -0.05) is 19.1 Å². The molecule has 8 heteroatoms. The molecular formula is C13H21FIN3O2S. The monoisotopic (exact) mass is 429 g/mol. The second-order valence-corrected chi connectivity index (χ2v) is 6.69. The van der Waals surface area contributed by atoms with Crippen LogP contribution in [-0.4, -0.2) is 39.5 Å². The van der Waals surface area contributed by atoms with Crippen molar-refractivity contribution in [3.63, 3.8) is 0 Å². The predicted octanol–water partition coefficient (Wildman–Crippen LogP) is 1.54. The fourth-order valence-corrected chi connectivity index (χ4v) is 2.18. The van der Waals surface area contributed by atoms with Crippen molar-refractivity contribution in [1.29, 1.82) is 0 Å². The lowest BCUT2D eigenvalue weighted by Crippen LogP contribution is -2.39. The van der Waals surface area contributed by atoms with E-state index in [9.17, 15) is 12.8 Å². The van der Waals surface area contributed by atoms with E-state index in [-0.39, 0.29) is 41.3 Å². The second kappa shape index (κ2) is 9.93. The van der Waals surface area contributed by atoms with Crippen molar-refractivity contribution in [2.24, 2.45) is 4.99 Å². The Morgan fingerprint density at radius 3 is 2.38 bits per heavy atom. The SMILES string of the molecule is CCS(=O)(=O)CCNC(=NC)NCc1ccc(F)cc1.I. The van der Waals surface area contributed by atoms with E-state index < -0.39 is 9.84 Å². The van der Waals surface area contributed by atoms with E-state index in [1.807, 2.05) is 0 Å². The third-order valence-corrected chi connectivity index (χ3v) is 4.45. The van der Waals surface area contributed by atoms with Crippen molar-refractivity contribution in [3.8, 4) is 0 Å². The Bertz CT molecular complexity index is 547. The van der Waals surface area contributed by atoms with Gasteiger partial charge in [0.15, 0.2) is 15.8 Å². The largest absolute Gasteiger partial charge is 0.355 e. The summed E-state index contributed by atoms with van der Waals surface area (Å²) < 4.78 is 35.4. The molecule has 0 atom stereocenters. The minimum absolute atomic E-state index is 0. The Kier molecular flexibility index (Phi) is 9.51. The van der Waals surface area contributed by atoms with Crippen molar-refractivity contribution < 1.29 is 12.8 Å². The van der Waals surface area contributed by atoms with Crippen molar-refractivity contribution in [2.45, 2.75) is 13.5 Å². The molecule has 0 aliphatic heterocycles. The number of sulfone groups is 1. The van der Waals surface area contributed by atoms with E-state index in [2.05, 4.69) is 15.6 Å². The van der Waals surface area contributed by atoms with E-state index in [0.717, 1.165) is 5.56 Å². The van der Waals surface area contributed by atoms with Gasteiger partial charge in [0.2, 0.25) is 0 Å². The molecule has 0 radical (unpaired) electrons. The molecule has 0 aliphatic rings. The van der Waals surface area contributed by atoms with Crippen LogP contribution in [0.2, 0.25) is 0 Å². The summed E-state index contributed by atoms with van der Waals surface area (Å²) in [6.07, 6.45) is 0. The summed E-state index contributed by atoms with van der Waals surface area (Å²) in [5.41, 5.74) is 0.913.